The van der Waals surface area contributed by atoms with Crippen LogP contribution in [0.25, 0.3) is 0 Å². The molecule has 1 heterocycles. The number of allylic oxidation sites excluding steroid dienone is 5. The number of aliphatic imine (C=N–C) groups is 1. The molecule has 1 rings (SSSR count). The van der Waals surface area contributed by atoms with Crippen molar-refractivity contribution in [3.63, 3.8) is 0 Å². The van der Waals surface area contributed by atoms with Crippen molar-refractivity contribution in [1.82, 2.24) is 0 Å². The van der Waals surface area contributed by atoms with E-state index in [-0.39, 0.29) is 0 Å². The Morgan fingerprint density at radius 3 is 2.67 bits per heavy atom. The zero-order valence-electron chi connectivity index (χ0n) is 5.20. The first-order valence-corrected chi connectivity index (χ1v) is 2.98. The minimum absolute atomic E-state index is 0.786. The minimum Gasteiger partial charge on any atom is -0.289 e. The first-order chi connectivity index (χ1) is 4.50. The predicted molar refractivity (Wildman–Crippen MR) is 40.8 cm³/mol. The van der Waals surface area contributed by atoms with Gasteiger partial charge in [0.25, 0.3) is 0 Å². The van der Waals surface area contributed by atoms with Gasteiger partial charge in [0.05, 0.1) is 6.54 Å². The molecule has 1 heteroatoms. The van der Waals surface area contributed by atoms with Crippen LogP contribution in [0, 0.1) is 0 Å². The summed E-state index contributed by atoms with van der Waals surface area (Å²) in [5.74, 6) is 0. The smallest absolute Gasteiger partial charge is 0.0573 e. The van der Waals surface area contributed by atoms with Crippen molar-refractivity contribution >= 4 is 6.21 Å². The monoisotopic (exact) mass is 119 g/mol. The highest BCUT2D eigenvalue weighted by Gasteiger charge is 1.70. The van der Waals surface area contributed by atoms with Gasteiger partial charge in [0.1, 0.15) is 0 Å². The summed E-state index contributed by atoms with van der Waals surface area (Å²) in [5, 5.41) is 0. The van der Waals surface area contributed by atoms with Crippen molar-refractivity contribution < 1.29 is 0 Å². The molecule has 0 fully saturated rings. The van der Waals surface area contributed by atoms with Crippen LogP contribution in [0.15, 0.2) is 41.4 Å². The third-order valence-corrected chi connectivity index (χ3v) is 0.983. The quantitative estimate of drug-likeness (QED) is 0.460. The standard InChI is InChI=1S/C8H9N/c1-2-4-6-8-9-7-5-3-1/h1-7H,8H2/b2-1?,5-3+,6-4?,9-7?. The normalized spacial score (nSPS) is 20.4. The number of hydrogen-bond donors (Lipinski definition) is 0. The van der Waals surface area contributed by atoms with Gasteiger partial charge in [-0.05, 0) is 6.08 Å². The third-order valence-electron chi connectivity index (χ3n) is 0.983. The maximum atomic E-state index is 4.05. The lowest BCUT2D eigenvalue weighted by atomic mass is 10.4. The van der Waals surface area contributed by atoms with Crippen LogP contribution in [0.4, 0.5) is 0 Å². The average Bonchev–Trinajstić information content (AvgIpc) is 2.00. The Morgan fingerprint density at radius 2 is 1.67 bits per heavy atom. The molecule has 0 atom stereocenters. The van der Waals surface area contributed by atoms with Crippen LogP contribution in [-0.4, -0.2) is 12.8 Å². The van der Waals surface area contributed by atoms with E-state index in [0.717, 1.165) is 6.54 Å². The zero-order valence-corrected chi connectivity index (χ0v) is 5.20. The SMILES string of the molecule is C1=C/C=C/C=NCC=C1. The molecule has 0 amide bonds. The Hall–Kier alpha value is -1.11. The third kappa shape index (κ3) is 2.65. The first kappa shape index (κ1) is 6.02. The summed E-state index contributed by atoms with van der Waals surface area (Å²) in [5.41, 5.74) is 0. The molecule has 46 valence electrons. The van der Waals surface area contributed by atoms with E-state index in [1.807, 2.05) is 36.5 Å². The van der Waals surface area contributed by atoms with Gasteiger partial charge >= 0.3 is 0 Å². The number of hydrogen-bond acceptors (Lipinski definition) is 1. The van der Waals surface area contributed by atoms with Crippen LogP contribution in [0.1, 0.15) is 0 Å². The Labute approximate surface area is 55.1 Å². The van der Waals surface area contributed by atoms with E-state index in [9.17, 15) is 0 Å². The molecular formula is C8H9N. The molecule has 0 bridgehead atoms. The molecule has 0 saturated heterocycles. The highest BCUT2D eigenvalue weighted by Crippen LogP contribution is 1.83. The zero-order chi connectivity index (χ0) is 6.36. The van der Waals surface area contributed by atoms with Crippen molar-refractivity contribution in [1.29, 1.82) is 0 Å². The van der Waals surface area contributed by atoms with E-state index in [2.05, 4.69) is 4.99 Å². The molecule has 0 radical (unpaired) electrons. The molecule has 0 spiro atoms. The lowest BCUT2D eigenvalue weighted by molar-refractivity contribution is 1.26. The molecule has 9 heavy (non-hydrogen) atoms. The van der Waals surface area contributed by atoms with Gasteiger partial charge in [-0.1, -0.05) is 30.4 Å². The molecule has 1 nitrogen and oxygen atoms in total. The van der Waals surface area contributed by atoms with E-state index in [1.165, 1.54) is 0 Å². The van der Waals surface area contributed by atoms with Crippen molar-refractivity contribution in [3.8, 4) is 0 Å². The second-order valence-electron chi connectivity index (χ2n) is 1.71. The fraction of sp³-hybridized carbons (Fsp3) is 0.125. The molecule has 1 aliphatic heterocycles. The van der Waals surface area contributed by atoms with Crippen LogP contribution >= 0.6 is 0 Å². The average molecular weight is 119 g/mol. The Balaban J connectivity index is 2.60. The topological polar surface area (TPSA) is 12.4 Å². The van der Waals surface area contributed by atoms with Gasteiger partial charge in [0.15, 0.2) is 0 Å². The summed E-state index contributed by atoms with van der Waals surface area (Å²) in [7, 11) is 0. The fourth-order valence-corrected chi connectivity index (χ4v) is 0.564. The van der Waals surface area contributed by atoms with E-state index in [0.29, 0.717) is 0 Å². The van der Waals surface area contributed by atoms with E-state index in [4.69, 9.17) is 0 Å². The minimum atomic E-state index is 0.786. The van der Waals surface area contributed by atoms with Gasteiger partial charge in [0.2, 0.25) is 0 Å². The largest absolute Gasteiger partial charge is 0.289 e. The van der Waals surface area contributed by atoms with Gasteiger partial charge in [-0.25, -0.2) is 0 Å². The fourth-order valence-electron chi connectivity index (χ4n) is 0.564. The van der Waals surface area contributed by atoms with Crippen molar-refractivity contribution in [2.24, 2.45) is 4.99 Å². The lowest BCUT2D eigenvalue weighted by Crippen LogP contribution is -1.69. The molecule has 1 aliphatic rings. The van der Waals surface area contributed by atoms with E-state index in [1.54, 1.807) is 6.21 Å². The van der Waals surface area contributed by atoms with Gasteiger partial charge in [-0.2, -0.15) is 0 Å². The molecule has 0 N–H and O–H groups in total. The van der Waals surface area contributed by atoms with Crippen LogP contribution in [-0.2, 0) is 0 Å². The van der Waals surface area contributed by atoms with Crippen LogP contribution in [0.5, 0.6) is 0 Å². The molecule has 0 unspecified atom stereocenters. The van der Waals surface area contributed by atoms with Crippen molar-refractivity contribution in [2.75, 3.05) is 6.54 Å². The maximum absolute atomic E-state index is 4.05. The molecule has 0 aliphatic carbocycles. The molecule has 0 aromatic heterocycles. The van der Waals surface area contributed by atoms with E-state index < -0.39 is 0 Å². The summed E-state index contributed by atoms with van der Waals surface area (Å²) < 4.78 is 0. The second-order valence-corrected chi connectivity index (χ2v) is 1.71. The first-order valence-electron chi connectivity index (χ1n) is 2.98. The predicted octanol–water partition coefficient (Wildman–Crippen LogP) is 1.74. The summed E-state index contributed by atoms with van der Waals surface area (Å²) in [6.45, 7) is 0.786. The molecule has 0 aromatic rings. The molecular weight excluding hydrogens is 110 g/mol. The molecule has 0 saturated carbocycles. The van der Waals surface area contributed by atoms with Crippen LogP contribution < -0.4 is 0 Å². The maximum Gasteiger partial charge on any atom is 0.0573 e. The number of nitrogens with zero attached hydrogens (tertiary/aromatic N) is 1. The van der Waals surface area contributed by atoms with Gasteiger partial charge in [0, 0.05) is 6.21 Å². The highest BCUT2D eigenvalue weighted by molar-refractivity contribution is 5.71. The van der Waals surface area contributed by atoms with Crippen LogP contribution in [0.3, 0.4) is 0 Å². The molecule has 0 aromatic carbocycles. The van der Waals surface area contributed by atoms with E-state index >= 15 is 0 Å². The second kappa shape index (κ2) is 3.84. The summed E-state index contributed by atoms with van der Waals surface area (Å²) in [4.78, 5) is 4.05. The van der Waals surface area contributed by atoms with Crippen molar-refractivity contribution in [2.45, 2.75) is 0 Å². The highest BCUT2D eigenvalue weighted by atomic mass is 14.7. The lowest BCUT2D eigenvalue weighted by Gasteiger charge is -1.75. The number of rotatable bonds is 0. The van der Waals surface area contributed by atoms with Gasteiger partial charge < -0.3 is 0 Å². The Bertz CT molecular complexity index is 153. The van der Waals surface area contributed by atoms with Crippen LogP contribution in [0.2, 0.25) is 0 Å². The summed E-state index contributed by atoms with van der Waals surface area (Å²) in [6.07, 6.45) is 13.7. The Morgan fingerprint density at radius 1 is 0.889 bits per heavy atom. The Kier molecular flexibility index (Phi) is 2.57. The summed E-state index contributed by atoms with van der Waals surface area (Å²) >= 11 is 0. The summed E-state index contributed by atoms with van der Waals surface area (Å²) in [6, 6.07) is 0. The van der Waals surface area contributed by atoms with Gasteiger partial charge in [-0.3, -0.25) is 4.99 Å². The van der Waals surface area contributed by atoms with Crippen molar-refractivity contribution in [3.05, 3.63) is 36.5 Å². The van der Waals surface area contributed by atoms with Gasteiger partial charge in [-0.15, -0.1) is 0 Å².